The first-order valence-electron chi connectivity index (χ1n) is 14.9. The zero-order valence-corrected chi connectivity index (χ0v) is 25.5. The van der Waals surface area contributed by atoms with Crippen molar-refractivity contribution in [3.63, 3.8) is 0 Å². The summed E-state index contributed by atoms with van der Waals surface area (Å²) in [6.07, 6.45) is 10.0. The third-order valence-corrected chi connectivity index (χ3v) is 7.49. The van der Waals surface area contributed by atoms with Crippen LogP contribution in [0.5, 0.6) is 0 Å². The van der Waals surface area contributed by atoms with Crippen LogP contribution in [0.2, 0.25) is 0 Å². The van der Waals surface area contributed by atoms with Crippen LogP contribution in [0.15, 0.2) is 54.7 Å². The summed E-state index contributed by atoms with van der Waals surface area (Å²) >= 11 is 0. The molecule has 2 aliphatic carbocycles. The molecule has 5 rings (SSSR count). The summed E-state index contributed by atoms with van der Waals surface area (Å²) in [5, 5.41) is 3.78. The molecule has 224 valence electrons. The normalized spacial score (nSPS) is 21.4. The van der Waals surface area contributed by atoms with Crippen LogP contribution in [0.1, 0.15) is 96.4 Å². The number of fused-ring (bicyclic) bond motifs is 2. The average molecular weight is 574 g/mol. The van der Waals surface area contributed by atoms with Crippen LogP contribution in [0.4, 0.5) is 4.79 Å². The molecule has 2 heterocycles. The first kappa shape index (κ1) is 29.8. The number of aromatic amines is 1. The molecule has 4 atom stereocenters. The van der Waals surface area contributed by atoms with E-state index in [0.29, 0.717) is 17.8 Å². The molecular formula is C33H43N5O4. The van der Waals surface area contributed by atoms with E-state index in [-0.39, 0.29) is 12.1 Å². The topological polar surface area (TPSA) is 109 Å². The third kappa shape index (κ3) is 7.01. The molecule has 2 N–H and O–H groups in total. The molecular weight excluding hydrogens is 530 g/mol. The van der Waals surface area contributed by atoms with Crippen LogP contribution in [0.25, 0.3) is 11.0 Å². The van der Waals surface area contributed by atoms with Gasteiger partial charge >= 0.3 is 12.1 Å². The van der Waals surface area contributed by atoms with Gasteiger partial charge in [-0.3, -0.25) is 9.88 Å². The Kier molecular flexibility index (Phi) is 8.42. The Hall–Kier alpha value is -3.72. The number of imidazole rings is 1. The summed E-state index contributed by atoms with van der Waals surface area (Å²) in [6, 6.07) is 10.5. The molecule has 2 aliphatic rings. The number of benzene rings is 1. The van der Waals surface area contributed by atoms with Gasteiger partial charge in [-0.25, -0.2) is 14.6 Å². The fourth-order valence-corrected chi connectivity index (χ4v) is 5.77. The smallest absolute Gasteiger partial charge is 0.411 e. The molecule has 0 bridgehead atoms. The van der Waals surface area contributed by atoms with Crippen LogP contribution in [-0.4, -0.2) is 55.2 Å². The van der Waals surface area contributed by atoms with Gasteiger partial charge in [0.25, 0.3) is 0 Å². The van der Waals surface area contributed by atoms with Crippen molar-refractivity contribution in [1.82, 2.24) is 25.2 Å². The highest BCUT2D eigenvalue weighted by Crippen LogP contribution is 2.34. The van der Waals surface area contributed by atoms with Gasteiger partial charge in [-0.2, -0.15) is 0 Å². The van der Waals surface area contributed by atoms with E-state index in [1.165, 1.54) is 10.5 Å². The largest absolute Gasteiger partial charge is 0.458 e. The highest BCUT2D eigenvalue weighted by atomic mass is 16.6. The van der Waals surface area contributed by atoms with Gasteiger partial charge in [0.2, 0.25) is 0 Å². The number of esters is 1. The van der Waals surface area contributed by atoms with Gasteiger partial charge in [0.15, 0.2) is 6.04 Å². The first-order valence-corrected chi connectivity index (χ1v) is 14.9. The van der Waals surface area contributed by atoms with E-state index in [0.717, 1.165) is 36.9 Å². The van der Waals surface area contributed by atoms with Crippen LogP contribution < -0.4 is 5.32 Å². The maximum atomic E-state index is 13.9. The number of ether oxygens (including phenoxy) is 2. The van der Waals surface area contributed by atoms with Crippen molar-refractivity contribution in [1.29, 1.82) is 0 Å². The molecule has 2 unspecified atom stereocenters. The lowest BCUT2D eigenvalue weighted by Crippen LogP contribution is -2.50. The maximum Gasteiger partial charge on any atom is 0.411 e. The standard InChI is InChI=1S/C33H43N5O4/c1-32(2,3)41-30(39)28(29-36-24-13-7-8-14-25(24)37-29)38(31(40)42-33(4,5)6)23-18-16-22(17-19-23)35-26-15-9-11-21-12-10-20-34-27(21)26/h7-8,10,12-14,16,18,20,22-23,26,28,35H,9,11,15,17,19H2,1-6H3,(H,36,37)/t22-,23-,26?,28?/m0/s1. The minimum absolute atomic E-state index is 0.117. The number of nitrogens with one attached hydrogen (secondary N) is 2. The molecule has 9 nitrogen and oxygen atoms in total. The number of H-pyrrole nitrogens is 1. The summed E-state index contributed by atoms with van der Waals surface area (Å²) in [5.74, 6) is -0.221. The van der Waals surface area contributed by atoms with Crippen LogP contribution in [0.3, 0.4) is 0 Å². The van der Waals surface area contributed by atoms with Crippen molar-refractivity contribution in [3.05, 3.63) is 71.8 Å². The minimum atomic E-state index is -1.12. The van der Waals surface area contributed by atoms with Crippen molar-refractivity contribution in [3.8, 4) is 0 Å². The number of carbonyl (C=O) groups is 2. The van der Waals surface area contributed by atoms with E-state index in [1.807, 2.05) is 84.1 Å². The second-order valence-electron chi connectivity index (χ2n) is 13.3. The number of carbonyl (C=O) groups excluding carboxylic acids is 2. The zero-order chi connectivity index (χ0) is 30.1. The van der Waals surface area contributed by atoms with Crippen molar-refractivity contribution in [2.24, 2.45) is 0 Å². The van der Waals surface area contributed by atoms with Crippen LogP contribution >= 0.6 is 0 Å². The number of nitrogens with zero attached hydrogens (tertiary/aromatic N) is 3. The maximum absolute atomic E-state index is 13.9. The molecule has 1 aromatic carbocycles. The van der Waals surface area contributed by atoms with Gasteiger partial charge in [0.1, 0.15) is 17.0 Å². The molecule has 0 spiro atoms. The number of aryl methyl sites for hydroxylation is 1. The molecule has 0 aliphatic heterocycles. The highest BCUT2D eigenvalue weighted by Gasteiger charge is 2.43. The molecule has 42 heavy (non-hydrogen) atoms. The number of para-hydroxylation sites is 2. The van der Waals surface area contributed by atoms with E-state index in [9.17, 15) is 9.59 Å². The second-order valence-corrected chi connectivity index (χ2v) is 13.3. The zero-order valence-electron chi connectivity index (χ0n) is 25.5. The van der Waals surface area contributed by atoms with Gasteiger partial charge in [-0.05, 0) is 97.4 Å². The summed E-state index contributed by atoms with van der Waals surface area (Å²) in [6.45, 7) is 10.9. The van der Waals surface area contributed by atoms with Gasteiger partial charge in [0.05, 0.1) is 28.8 Å². The molecule has 0 radical (unpaired) electrons. The number of amides is 1. The Morgan fingerprint density at radius 3 is 2.43 bits per heavy atom. The van der Waals surface area contributed by atoms with Gasteiger partial charge in [-0.15, -0.1) is 0 Å². The lowest BCUT2D eigenvalue weighted by Gasteiger charge is -2.39. The van der Waals surface area contributed by atoms with Crippen molar-refractivity contribution in [2.75, 3.05) is 0 Å². The van der Waals surface area contributed by atoms with Crippen LogP contribution in [0, 0.1) is 0 Å². The molecule has 9 heteroatoms. The van der Waals surface area contributed by atoms with Gasteiger partial charge in [-0.1, -0.05) is 30.4 Å². The fourth-order valence-electron chi connectivity index (χ4n) is 5.77. The van der Waals surface area contributed by atoms with Crippen molar-refractivity contribution >= 4 is 23.1 Å². The van der Waals surface area contributed by atoms with Gasteiger partial charge in [0, 0.05) is 12.2 Å². The van der Waals surface area contributed by atoms with E-state index < -0.39 is 35.3 Å². The van der Waals surface area contributed by atoms with Gasteiger partial charge < -0.3 is 19.8 Å². The Bertz CT molecular complexity index is 1420. The van der Waals surface area contributed by atoms with E-state index in [4.69, 9.17) is 14.5 Å². The highest BCUT2D eigenvalue weighted by molar-refractivity contribution is 5.84. The Morgan fingerprint density at radius 1 is 0.976 bits per heavy atom. The number of hydrogen-bond donors (Lipinski definition) is 2. The lowest BCUT2D eigenvalue weighted by molar-refractivity contribution is -0.162. The van der Waals surface area contributed by atoms with Crippen molar-refractivity contribution in [2.45, 2.75) is 109 Å². The van der Waals surface area contributed by atoms with Crippen LogP contribution in [-0.2, 0) is 20.7 Å². The Balaban J connectivity index is 1.46. The molecule has 3 aromatic rings. The average Bonchev–Trinajstić information content (AvgIpc) is 3.34. The molecule has 0 saturated heterocycles. The molecule has 1 amide bonds. The monoisotopic (exact) mass is 573 g/mol. The summed E-state index contributed by atoms with van der Waals surface area (Å²) in [7, 11) is 0. The second kappa shape index (κ2) is 11.9. The summed E-state index contributed by atoms with van der Waals surface area (Å²) < 4.78 is 11.7. The van der Waals surface area contributed by atoms with E-state index in [1.54, 1.807) is 0 Å². The van der Waals surface area contributed by atoms with Crippen molar-refractivity contribution < 1.29 is 19.1 Å². The predicted octanol–water partition coefficient (Wildman–Crippen LogP) is 6.33. The third-order valence-electron chi connectivity index (χ3n) is 7.49. The number of pyridine rings is 1. The molecule has 2 aromatic heterocycles. The van der Waals surface area contributed by atoms with E-state index >= 15 is 0 Å². The Morgan fingerprint density at radius 2 is 1.74 bits per heavy atom. The predicted molar refractivity (Wildman–Crippen MR) is 162 cm³/mol. The summed E-state index contributed by atoms with van der Waals surface area (Å²) in [5.41, 5.74) is 2.39. The lowest BCUT2D eigenvalue weighted by atomic mass is 9.90. The van der Waals surface area contributed by atoms with E-state index in [2.05, 4.69) is 27.4 Å². The number of rotatable bonds is 6. The minimum Gasteiger partial charge on any atom is -0.458 e. The Labute approximate surface area is 248 Å². The quantitative estimate of drug-likeness (QED) is 0.262. The first-order chi connectivity index (χ1) is 19.9. The molecule has 0 fully saturated rings. The number of hydrogen-bond acceptors (Lipinski definition) is 7. The number of aromatic nitrogens is 3. The fraction of sp³-hybridized carbons (Fsp3) is 0.515. The summed E-state index contributed by atoms with van der Waals surface area (Å²) in [4.78, 5) is 41.9. The molecule has 0 saturated carbocycles. The SMILES string of the molecule is CC(C)(C)OC(=O)C(c1nc2ccccc2[nH]1)N(C(=O)OC(C)(C)C)[C@H]1C=C[C@H](NC2CCCc3cccnc32)CC1.